The molecule has 2 aliphatic heterocycles. The molecule has 0 aromatic carbocycles. The Bertz CT molecular complexity index is 653. The number of imidazole rings is 1. The van der Waals surface area contributed by atoms with Gasteiger partial charge in [0.1, 0.15) is 0 Å². The summed E-state index contributed by atoms with van der Waals surface area (Å²) in [6, 6.07) is 0. The molecule has 2 aliphatic rings. The zero-order valence-electron chi connectivity index (χ0n) is 15.4. The van der Waals surface area contributed by atoms with Crippen molar-refractivity contribution >= 4 is 11.6 Å². The number of hydrogen-bond donors (Lipinski definition) is 1. The van der Waals surface area contributed by atoms with Crippen LogP contribution in [0.4, 0.5) is 0 Å². The van der Waals surface area contributed by atoms with E-state index in [9.17, 15) is 0 Å². The average Bonchev–Trinajstić information content (AvgIpc) is 3.33. The molecule has 0 unspecified atom stereocenters. The number of H-pyrrole nitrogens is 1. The van der Waals surface area contributed by atoms with Crippen LogP contribution < -0.4 is 0 Å². The van der Waals surface area contributed by atoms with E-state index in [0.717, 1.165) is 36.5 Å². The maximum absolute atomic E-state index is 5.93. The van der Waals surface area contributed by atoms with Gasteiger partial charge in [0.2, 0.25) is 0 Å². The SMILES string of the molecule is Clc1cnn(CCN2CCC(C3CCN(Cc4cnc[nH]4)CC3)CC2)c1. The Labute approximate surface area is 160 Å². The molecule has 0 saturated carbocycles. The van der Waals surface area contributed by atoms with Crippen molar-refractivity contribution in [3.05, 3.63) is 35.6 Å². The van der Waals surface area contributed by atoms with Gasteiger partial charge in [-0.05, 0) is 63.7 Å². The van der Waals surface area contributed by atoms with Gasteiger partial charge in [0.25, 0.3) is 0 Å². The third kappa shape index (κ3) is 4.67. The minimum atomic E-state index is 0.725. The molecule has 4 rings (SSSR count). The van der Waals surface area contributed by atoms with Crippen molar-refractivity contribution in [2.45, 2.75) is 38.8 Å². The highest BCUT2D eigenvalue weighted by Crippen LogP contribution is 2.32. The summed E-state index contributed by atoms with van der Waals surface area (Å²) in [5.74, 6) is 1.83. The van der Waals surface area contributed by atoms with E-state index in [1.807, 2.05) is 17.1 Å². The van der Waals surface area contributed by atoms with Crippen LogP contribution in [0.15, 0.2) is 24.9 Å². The van der Waals surface area contributed by atoms with Crippen molar-refractivity contribution in [1.82, 2.24) is 29.5 Å². The Morgan fingerprint density at radius 1 is 0.962 bits per heavy atom. The van der Waals surface area contributed by atoms with Gasteiger partial charge in [-0.25, -0.2) is 4.98 Å². The number of nitrogens with one attached hydrogen (secondary N) is 1. The van der Waals surface area contributed by atoms with E-state index in [-0.39, 0.29) is 0 Å². The number of aromatic amines is 1. The summed E-state index contributed by atoms with van der Waals surface area (Å²) in [5, 5.41) is 4.99. The third-order valence-corrected chi connectivity index (χ3v) is 6.32. The van der Waals surface area contributed by atoms with Gasteiger partial charge in [0, 0.05) is 31.2 Å². The number of likely N-dealkylation sites (tertiary alicyclic amines) is 2. The number of aromatic nitrogens is 4. The van der Waals surface area contributed by atoms with Crippen molar-refractivity contribution in [2.75, 3.05) is 32.7 Å². The molecule has 142 valence electrons. The molecule has 0 atom stereocenters. The summed E-state index contributed by atoms with van der Waals surface area (Å²) in [6.07, 6.45) is 12.7. The number of piperidine rings is 2. The molecule has 0 spiro atoms. The van der Waals surface area contributed by atoms with Crippen LogP contribution in [0.2, 0.25) is 5.02 Å². The Morgan fingerprint density at radius 2 is 1.65 bits per heavy atom. The molecular weight excluding hydrogens is 348 g/mol. The number of nitrogens with zero attached hydrogens (tertiary/aromatic N) is 5. The summed E-state index contributed by atoms with van der Waals surface area (Å²) in [7, 11) is 0. The summed E-state index contributed by atoms with van der Waals surface area (Å²) >= 11 is 5.93. The fourth-order valence-electron chi connectivity index (χ4n) is 4.55. The normalized spacial score (nSPS) is 21.4. The highest BCUT2D eigenvalue weighted by molar-refractivity contribution is 6.30. The van der Waals surface area contributed by atoms with Crippen LogP contribution in [0.25, 0.3) is 0 Å². The zero-order chi connectivity index (χ0) is 17.8. The van der Waals surface area contributed by atoms with Gasteiger partial charge in [-0.3, -0.25) is 9.58 Å². The monoisotopic (exact) mass is 376 g/mol. The number of halogens is 1. The zero-order valence-corrected chi connectivity index (χ0v) is 16.1. The lowest BCUT2D eigenvalue weighted by Gasteiger charge is -2.40. The van der Waals surface area contributed by atoms with Crippen LogP contribution in [-0.2, 0) is 13.1 Å². The third-order valence-electron chi connectivity index (χ3n) is 6.13. The lowest BCUT2D eigenvalue weighted by atomic mass is 9.79. The fraction of sp³-hybridized carbons (Fsp3) is 0.684. The quantitative estimate of drug-likeness (QED) is 0.842. The molecule has 26 heavy (non-hydrogen) atoms. The van der Waals surface area contributed by atoms with E-state index in [2.05, 4.69) is 24.9 Å². The predicted molar refractivity (Wildman–Crippen MR) is 103 cm³/mol. The van der Waals surface area contributed by atoms with Gasteiger partial charge in [0.15, 0.2) is 0 Å². The Morgan fingerprint density at radius 3 is 2.23 bits per heavy atom. The van der Waals surface area contributed by atoms with Gasteiger partial charge < -0.3 is 9.88 Å². The first kappa shape index (κ1) is 18.0. The largest absolute Gasteiger partial charge is 0.347 e. The summed E-state index contributed by atoms with van der Waals surface area (Å²) in [4.78, 5) is 12.5. The highest BCUT2D eigenvalue weighted by Gasteiger charge is 2.29. The Hall–Kier alpha value is -1.37. The van der Waals surface area contributed by atoms with Crippen LogP contribution in [0.3, 0.4) is 0 Å². The smallest absolute Gasteiger partial charge is 0.0922 e. The molecular formula is C19H29ClN6. The van der Waals surface area contributed by atoms with Crippen LogP contribution in [0.5, 0.6) is 0 Å². The number of hydrogen-bond acceptors (Lipinski definition) is 4. The van der Waals surface area contributed by atoms with Crippen LogP contribution in [-0.4, -0.2) is 62.3 Å². The maximum atomic E-state index is 5.93. The second-order valence-corrected chi connectivity index (χ2v) is 8.23. The van der Waals surface area contributed by atoms with Gasteiger partial charge >= 0.3 is 0 Å². The molecule has 2 aromatic heterocycles. The molecule has 1 N–H and O–H groups in total. The molecule has 0 radical (unpaired) electrons. The predicted octanol–water partition coefficient (Wildman–Crippen LogP) is 2.88. The van der Waals surface area contributed by atoms with E-state index in [0.29, 0.717) is 0 Å². The summed E-state index contributed by atoms with van der Waals surface area (Å²) < 4.78 is 1.95. The van der Waals surface area contributed by atoms with Crippen molar-refractivity contribution < 1.29 is 0 Å². The second kappa shape index (κ2) is 8.55. The van der Waals surface area contributed by atoms with Crippen molar-refractivity contribution in [3.63, 3.8) is 0 Å². The van der Waals surface area contributed by atoms with Gasteiger partial charge in [-0.15, -0.1) is 0 Å². The lowest BCUT2D eigenvalue weighted by Crippen LogP contribution is -2.41. The average molecular weight is 377 g/mol. The molecule has 4 heterocycles. The van der Waals surface area contributed by atoms with E-state index in [1.54, 1.807) is 12.5 Å². The van der Waals surface area contributed by atoms with Crippen molar-refractivity contribution in [1.29, 1.82) is 0 Å². The van der Waals surface area contributed by atoms with Crippen LogP contribution in [0, 0.1) is 11.8 Å². The Kier molecular flexibility index (Phi) is 5.92. The highest BCUT2D eigenvalue weighted by atomic mass is 35.5. The molecule has 2 aromatic rings. The molecule has 0 bridgehead atoms. The summed E-state index contributed by atoms with van der Waals surface area (Å²) in [6.45, 7) is 7.94. The molecule has 0 amide bonds. The van der Waals surface area contributed by atoms with Crippen molar-refractivity contribution in [3.8, 4) is 0 Å². The maximum Gasteiger partial charge on any atom is 0.0922 e. The Balaban J connectivity index is 1.16. The fourth-order valence-corrected chi connectivity index (χ4v) is 4.70. The standard InChI is InChI=1S/C19H29ClN6/c20-18-11-23-26(13-18)10-9-24-5-1-16(2-6-24)17-3-7-25(8-4-17)14-19-12-21-15-22-19/h11-13,15-17H,1-10,14H2,(H,21,22). The minimum Gasteiger partial charge on any atom is -0.347 e. The van der Waals surface area contributed by atoms with Crippen molar-refractivity contribution in [2.24, 2.45) is 11.8 Å². The van der Waals surface area contributed by atoms with E-state index in [4.69, 9.17) is 11.6 Å². The van der Waals surface area contributed by atoms with Gasteiger partial charge in [-0.2, -0.15) is 5.10 Å². The molecule has 6 nitrogen and oxygen atoms in total. The van der Waals surface area contributed by atoms with E-state index >= 15 is 0 Å². The first-order valence-corrected chi connectivity index (χ1v) is 10.2. The van der Waals surface area contributed by atoms with E-state index in [1.165, 1.54) is 57.6 Å². The minimum absolute atomic E-state index is 0.725. The topological polar surface area (TPSA) is 53.0 Å². The molecule has 0 aliphatic carbocycles. The van der Waals surface area contributed by atoms with Gasteiger partial charge in [-0.1, -0.05) is 11.6 Å². The molecule has 2 saturated heterocycles. The van der Waals surface area contributed by atoms with Crippen LogP contribution in [0.1, 0.15) is 31.4 Å². The van der Waals surface area contributed by atoms with Gasteiger partial charge in [0.05, 0.1) is 24.1 Å². The van der Waals surface area contributed by atoms with E-state index < -0.39 is 0 Å². The first-order chi connectivity index (χ1) is 12.8. The summed E-state index contributed by atoms with van der Waals surface area (Å²) in [5.41, 5.74) is 1.23. The first-order valence-electron chi connectivity index (χ1n) is 9.86. The molecule has 7 heteroatoms. The lowest BCUT2D eigenvalue weighted by molar-refractivity contribution is 0.0914. The second-order valence-electron chi connectivity index (χ2n) is 7.79. The van der Waals surface area contributed by atoms with Crippen LogP contribution >= 0.6 is 11.6 Å². The number of rotatable bonds is 6. The molecule has 2 fully saturated rings.